The fourth-order valence-corrected chi connectivity index (χ4v) is 2.19. The Morgan fingerprint density at radius 3 is 2.17 bits per heavy atom. The maximum absolute atomic E-state index is 12.1. The average molecular weight is 312 g/mol. The van der Waals surface area contributed by atoms with Crippen LogP contribution in [0.5, 0.6) is 0 Å². The van der Waals surface area contributed by atoms with Gasteiger partial charge in [-0.05, 0) is 49.2 Å². The van der Waals surface area contributed by atoms with Crippen molar-refractivity contribution in [1.29, 1.82) is 0 Å². The van der Waals surface area contributed by atoms with Gasteiger partial charge in [-0.3, -0.25) is 9.78 Å². The number of nitrogens with one attached hydrogen (secondary N) is 2. The number of aryl methyl sites for hydroxylation is 2. The van der Waals surface area contributed by atoms with E-state index in [-0.39, 0.29) is 17.6 Å². The van der Waals surface area contributed by atoms with Crippen LogP contribution in [0.1, 0.15) is 21.6 Å². The fraction of sp³-hybridized carbons (Fsp3) is 0.235. The normalized spacial score (nSPS) is 10.1. The Hall–Kier alpha value is -2.89. The molecule has 0 saturated carbocycles. The van der Waals surface area contributed by atoms with Gasteiger partial charge in [0.15, 0.2) is 0 Å². The summed E-state index contributed by atoms with van der Waals surface area (Å²) in [5.74, 6) is -0.219. The number of urea groups is 1. The molecule has 0 aliphatic heterocycles. The maximum atomic E-state index is 12.1. The third-order valence-electron chi connectivity index (χ3n) is 3.12. The van der Waals surface area contributed by atoms with Gasteiger partial charge in [0.1, 0.15) is 5.69 Å². The number of rotatable bonds is 3. The lowest BCUT2D eigenvalue weighted by Gasteiger charge is -2.12. The molecule has 0 saturated heterocycles. The van der Waals surface area contributed by atoms with E-state index in [2.05, 4.69) is 15.6 Å². The van der Waals surface area contributed by atoms with Crippen molar-refractivity contribution in [2.45, 2.75) is 13.8 Å². The van der Waals surface area contributed by atoms with Crippen molar-refractivity contribution in [1.82, 2.24) is 9.88 Å². The van der Waals surface area contributed by atoms with Crippen LogP contribution >= 0.6 is 0 Å². The first-order chi connectivity index (χ1) is 10.8. The second kappa shape index (κ2) is 6.91. The molecule has 23 heavy (non-hydrogen) atoms. The summed E-state index contributed by atoms with van der Waals surface area (Å²) in [6.45, 7) is 3.94. The van der Waals surface area contributed by atoms with E-state index in [9.17, 15) is 9.59 Å². The average Bonchev–Trinajstić information content (AvgIpc) is 2.45. The summed E-state index contributed by atoms with van der Waals surface area (Å²) >= 11 is 0. The zero-order chi connectivity index (χ0) is 17.0. The summed E-state index contributed by atoms with van der Waals surface area (Å²) < 4.78 is 0. The first-order valence-corrected chi connectivity index (χ1v) is 7.19. The molecule has 0 unspecified atom stereocenters. The van der Waals surface area contributed by atoms with Gasteiger partial charge in [0.25, 0.3) is 5.91 Å². The summed E-state index contributed by atoms with van der Waals surface area (Å²) in [4.78, 5) is 29.4. The van der Waals surface area contributed by atoms with Gasteiger partial charge < -0.3 is 15.5 Å². The standard InChI is InChI=1S/C17H20N4O2/c1-11-7-12(2)9-14(8-11)20-17(23)19-13-5-6-18-15(10-13)16(22)21(3)4/h5-10H,1-4H3,(H2,18,19,20,23). The number of amides is 3. The van der Waals surface area contributed by atoms with E-state index in [0.29, 0.717) is 5.69 Å². The lowest BCUT2D eigenvalue weighted by atomic mass is 10.1. The van der Waals surface area contributed by atoms with Crippen LogP contribution < -0.4 is 10.6 Å². The van der Waals surface area contributed by atoms with Gasteiger partial charge in [0.05, 0.1) is 0 Å². The van der Waals surface area contributed by atoms with E-state index >= 15 is 0 Å². The smallest absolute Gasteiger partial charge is 0.323 e. The number of hydrogen-bond acceptors (Lipinski definition) is 3. The second-order valence-electron chi connectivity index (χ2n) is 5.58. The molecule has 0 fully saturated rings. The zero-order valence-corrected chi connectivity index (χ0v) is 13.7. The summed E-state index contributed by atoms with van der Waals surface area (Å²) in [6.07, 6.45) is 1.49. The Bertz CT molecular complexity index is 721. The molecule has 2 N–H and O–H groups in total. The highest BCUT2D eigenvalue weighted by molar-refractivity contribution is 6.01. The van der Waals surface area contributed by atoms with Crippen molar-refractivity contribution in [2.75, 3.05) is 24.7 Å². The highest BCUT2D eigenvalue weighted by atomic mass is 16.2. The molecule has 1 heterocycles. The molecule has 0 aliphatic carbocycles. The minimum absolute atomic E-state index is 0.219. The minimum Gasteiger partial charge on any atom is -0.343 e. The lowest BCUT2D eigenvalue weighted by Crippen LogP contribution is -2.23. The Morgan fingerprint density at radius 1 is 0.957 bits per heavy atom. The van der Waals surface area contributed by atoms with E-state index in [0.717, 1.165) is 16.8 Å². The predicted molar refractivity (Wildman–Crippen MR) is 90.8 cm³/mol. The predicted octanol–water partition coefficient (Wildman–Crippen LogP) is 3.04. The molecule has 2 aromatic rings. The van der Waals surface area contributed by atoms with Gasteiger partial charge in [-0.25, -0.2) is 4.79 Å². The van der Waals surface area contributed by atoms with E-state index in [1.807, 2.05) is 32.0 Å². The van der Waals surface area contributed by atoms with E-state index in [4.69, 9.17) is 0 Å². The molecule has 2 rings (SSSR count). The number of benzene rings is 1. The first-order valence-electron chi connectivity index (χ1n) is 7.19. The molecule has 0 aliphatic rings. The minimum atomic E-state index is -0.371. The van der Waals surface area contributed by atoms with Crippen LogP contribution in [0.3, 0.4) is 0 Å². The van der Waals surface area contributed by atoms with E-state index in [1.54, 1.807) is 26.2 Å². The van der Waals surface area contributed by atoms with Crippen molar-refractivity contribution >= 4 is 23.3 Å². The largest absolute Gasteiger partial charge is 0.343 e. The van der Waals surface area contributed by atoms with Crippen LogP contribution in [0.2, 0.25) is 0 Å². The molecule has 3 amide bonds. The van der Waals surface area contributed by atoms with Gasteiger partial charge in [0, 0.05) is 31.7 Å². The fourth-order valence-electron chi connectivity index (χ4n) is 2.19. The number of hydrogen-bond donors (Lipinski definition) is 2. The van der Waals surface area contributed by atoms with Crippen LogP contribution in [0.4, 0.5) is 16.2 Å². The number of anilines is 2. The van der Waals surface area contributed by atoms with Gasteiger partial charge in [-0.15, -0.1) is 0 Å². The van der Waals surface area contributed by atoms with Crippen molar-refractivity contribution in [3.05, 3.63) is 53.3 Å². The monoisotopic (exact) mass is 312 g/mol. The van der Waals surface area contributed by atoms with Crippen LogP contribution in [0, 0.1) is 13.8 Å². The summed E-state index contributed by atoms with van der Waals surface area (Å²) in [5, 5.41) is 5.48. The molecule has 0 bridgehead atoms. The SMILES string of the molecule is Cc1cc(C)cc(NC(=O)Nc2ccnc(C(=O)N(C)C)c2)c1. The molecule has 0 radical (unpaired) electrons. The molecule has 120 valence electrons. The van der Waals surface area contributed by atoms with Gasteiger partial charge in [-0.2, -0.15) is 0 Å². The molecule has 6 nitrogen and oxygen atoms in total. The van der Waals surface area contributed by atoms with Crippen LogP contribution in [-0.4, -0.2) is 35.9 Å². The Kier molecular flexibility index (Phi) is 4.95. The van der Waals surface area contributed by atoms with Gasteiger partial charge >= 0.3 is 6.03 Å². The Labute approximate surface area is 135 Å². The van der Waals surface area contributed by atoms with E-state index in [1.165, 1.54) is 11.1 Å². The first kappa shape index (κ1) is 16.5. The third kappa shape index (κ3) is 4.54. The van der Waals surface area contributed by atoms with Crippen LogP contribution in [-0.2, 0) is 0 Å². The Balaban J connectivity index is 2.08. The quantitative estimate of drug-likeness (QED) is 0.914. The lowest BCUT2D eigenvalue weighted by molar-refractivity contribution is 0.0822. The molecule has 0 atom stereocenters. The van der Waals surface area contributed by atoms with Crippen molar-refractivity contribution in [3.63, 3.8) is 0 Å². The number of carbonyl (C=O) groups is 2. The third-order valence-corrected chi connectivity index (χ3v) is 3.12. The van der Waals surface area contributed by atoms with Crippen molar-refractivity contribution in [2.24, 2.45) is 0 Å². The molecular weight excluding hydrogens is 292 g/mol. The topological polar surface area (TPSA) is 74.3 Å². The van der Waals surface area contributed by atoms with Gasteiger partial charge in [-0.1, -0.05) is 6.07 Å². The maximum Gasteiger partial charge on any atom is 0.323 e. The summed E-state index contributed by atoms with van der Waals surface area (Å²) in [6, 6.07) is 8.62. The number of carbonyl (C=O) groups excluding carboxylic acids is 2. The molecule has 6 heteroatoms. The van der Waals surface area contributed by atoms with Crippen molar-refractivity contribution < 1.29 is 9.59 Å². The van der Waals surface area contributed by atoms with Gasteiger partial charge in [0.2, 0.25) is 0 Å². The summed E-state index contributed by atoms with van der Waals surface area (Å²) in [5.41, 5.74) is 3.65. The highest BCUT2D eigenvalue weighted by Crippen LogP contribution is 2.15. The summed E-state index contributed by atoms with van der Waals surface area (Å²) in [7, 11) is 3.30. The molecule has 1 aromatic heterocycles. The van der Waals surface area contributed by atoms with E-state index < -0.39 is 0 Å². The van der Waals surface area contributed by atoms with Crippen LogP contribution in [0.25, 0.3) is 0 Å². The number of aromatic nitrogens is 1. The van der Waals surface area contributed by atoms with Crippen LogP contribution in [0.15, 0.2) is 36.5 Å². The molecule has 1 aromatic carbocycles. The number of pyridine rings is 1. The molecule has 0 spiro atoms. The molecular formula is C17H20N4O2. The second-order valence-corrected chi connectivity index (χ2v) is 5.58. The Morgan fingerprint density at radius 2 is 1.57 bits per heavy atom. The van der Waals surface area contributed by atoms with Crippen molar-refractivity contribution in [3.8, 4) is 0 Å². The zero-order valence-electron chi connectivity index (χ0n) is 13.7. The highest BCUT2D eigenvalue weighted by Gasteiger charge is 2.11. The number of nitrogens with zero attached hydrogens (tertiary/aromatic N) is 2.